The van der Waals surface area contributed by atoms with Gasteiger partial charge in [0, 0.05) is 26.7 Å². The van der Waals surface area contributed by atoms with Crippen LogP contribution in [-0.4, -0.2) is 48.7 Å². The molecule has 0 spiro atoms. The van der Waals surface area contributed by atoms with E-state index in [0.717, 1.165) is 12.8 Å². The molecule has 8 heteroatoms. The molecule has 1 rings (SSSR count). The molecule has 1 aliphatic rings. The van der Waals surface area contributed by atoms with Gasteiger partial charge in [-0.05, 0) is 33.6 Å². The Morgan fingerprint density at radius 3 is 2.25 bits per heavy atom. The van der Waals surface area contributed by atoms with Crippen LogP contribution in [0.15, 0.2) is 0 Å². The molecule has 1 unspecified atom stereocenters. The van der Waals surface area contributed by atoms with Gasteiger partial charge >= 0.3 is 12.1 Å². The zero-order valence-electron chi connectivity index (χ0n) is 12.1. The number of ether oxygens (including phenoxy) is 2. The average Bonchev–Trinajstić information content (AvgIpc) is 2.75. The molecule has 0 bridgehead atoms. The molecule has 2 amide bonds. The van der Waals surface area contributed by atoms with Crippen molar-refractivity contribution in [1.82, 2.24) is 4.90 Å². The molecule has 1 radical (unpaired) electrons. The third-order valence-corrected chi connectivity index (χ3v) is 2.35. The minimum absolute atomic E-state index is 0. The van der Waals surface area contributed by atoms with Crippen LogP contribution in [0.25, 0.3) is 0 Å². The maximum Gasteiger partial charge on any atom is 0.411 e. The van der Waals surface area contributed by atoms with Crippen LogP contribution in [0.4, 0.5) is 4.79 Å². The van der Waals surface area contributed by atoms with Crippen molar-refractivity contribution < 1.29 is 44.0 Å². The SMILES string of the molecule is COC(=O)C1CCCN1C(=O)OC(C)(C)C.N[C-]=O.[Ir]. The summed E-state index contributed by atoms with van der Waals surface area (Å²) in [6, 6.07) is -0.486. The van der Waals surface area contributed by atoms with E-state index in [1.165, 1.54) is 12.0 Å². The van der Waals surface area contributed by atoms with E-state index in [2.05, 4.69) is 10.5 Å². The number of carbonyl (C=O) groups is 2. The first kappa shape index (κ1) is 21.2. The first-order valence-electron chi connectivity index (χ1n) is 5.92. The second-order valence-corrected chi connectivity index (χ2v) is 4.97. The maximum atomic E-state index is 11.8. The third-order valence-electron chi connectivity index (χ3n) is 2.35. The summed E-state index contributed by atoms with van der Waals surface area (Å²) < 4.78 is 9.88. The van der Waals surface area contributed by atoms with E-state index < -0.39 is 17.7 Å². The van der Waals surface area contributed by atoms with Gasteiger partial charge in [-0.25, -0.2) is 9.59 Å². The molecule has 2 N–H and O–H groups in total. The van der Waals surface area contributed by atoms with Gasteiger partial charge in [-0.1, -0.05) is 0 Å². The average molecular weight is 466 g/mol. The van der Waals surface area contributed by atoms with Gasteiger partial charge in [-0.15, -0.1) is 0 Å². The van der Waals surface area contributed by atoms with Crippen LogP contribution >= 0.6 is 0 Å². The summed E-state index contributed by atoms with van der Waals surface area (Å²) in [5.74, 6) is -0.372. The van der Waals surface area contributed by atoms with Crippen molar-refractivity contribution in [3.05, 3.63) is 0 Å². The van der Waals surface area contributed by atoms with E-state index in [1.807, 2.05) is 0 Å². The summed E-state index contributed by atoms with van der Waals surface area (Å²) in [6.45, 7) is 5.95. The number of primary amides is 1. The van der Waals surface area contributed by atoms with Crippen LogP contribution < -0.4 is 5.73 Å². The predicted molar refractivity (Wildman–Crippen MR) is 67.9 cm³/mol. The van der Waals surface area contributed by atoms with Gasteiger partial charge in [-0.2, -0.15) is 6.41 Å². The molecule has 0 aromatic rings. The summed E-state index contributed by atoms with van der Waals surface area (Å²) in [5, 5.41) is 0. The van der Waals surface area contributed by atoms with Crippen LogP contribution in [0, 0.1) is 0 Å². The van der Waals surface area contributed by atoms with Gasteiger partial charge in [-0.3, -0.25) is 4.90 Å². The van der Waals surface area contributed by atoms with Gasteiger partial charge in [0.15, 0.2) is 0 Å². The van der Waals surface area contributed by atoms with Crippen LogP contribution in [0.2, 0.25) is 0 Å². The van der Waals surface area contributed by atoms with E-state index in [9.17, 15) is 9.59 Å². The molecular weight excluding hydrogens is 444 g/mol. The Hall–Kier alpha value is -1.14. The van der Waals surface area contributed by atoms with Crippen LogP contribution in [0.1, 0.15) is 33.6 Å². The Labute approximate surface area is 132 Å². The van der Waals surface area contributed by atoms with Crippen molar-refractivity contribution in [1.29, 1.82) is 0 Å². The molecule has 20 heavy (non-hydrogen) atoms. The number of nitrogens with two attached hydrogens (primary N) is 1. The van der Waals surface area contributed by atoms with Crippen molar-refractivity contribution in [2.45, 2.75) is 45.3 Å². The molecule has 1 atom stereocenters. The van der Waals surface area contributed by atoms with E-state index in [1.54, 1.807) is 20.8 Å². The van der Waals surface area contributed by atoms with Crippen molar-refractivity contribution in [3.63, 3.8) is 0 Å². The summed E-state index contributed by atoms with van der Waals surface area (Å²) in [4.78, 5) is 33.1. The molecule has 1 heterocycles. The van der Waals surface area contributed by atoms with E-state index in [-0.39, 0.29) is 26.1 Å². The molecule has 0 aliphatic carbocycles. The number of rotatable bonds is 1. The molecule has 7 nitrogen and oxygen atoms in total. The summed E-state index contributed by atoms with van der Waals surface area (Å²) in [5.41, 5.74) is 3.50. The van der Waals surface area contributed by atoms with E-state index in [4.69, 9.17) is 9.53 Å². The zero-order chi connectivity index (χ0) is 15.1. The fourth-order valence-electron chi connectivity index (χ4n) is 1.69. The van der Waals surface area contributed by atoms with Crippen LogP contribution in [0.5, 0.6) is 0 Å². The number of likely N-dealkylation sites (tertiary alicyclic amines) is 1. The monoisotopic (exact) mass is 466 g/mol. The third kappa shape index (κ3) is 7.45. The van der Waals surface area contributed by atoms with Crippen LogP contribution in [-0.2, 0) is 39.2 Å². The minimum atomic E-state index is -0.541. The number of nitrogens with zero attached hydrogens (tertiary/aromatic N) is 1. The fourth-order valence-corrected chi connectivity index (χ4v) is 1.69. The van der Waals surface area contributed by atoms with Gasteiger partial charge in [0.25, 0.3) is 0 Å². The van der Waals surface area contributed by atoms with Gasteiger partial charge in [0.05, 0.1) is 7.11 Å². The van der Waals surface area contributed by atoms with Crippen LogP contribution in [0.3, 0.4) is 0 Å². The minimum Gasteiger partial charge on any atom is -0.543 e. The molecule has 1 fully saturated rings. The standard InChI is InChI=1S/C11H19NO4.CH2NO.Ir/c1-11(2,3)16-10(14)12-7-5-6-8(12)9(13)15-4;2-1-3;/h8H,5-7H2,1-4H3;(H2,2,3);/q;-1;. The maximum absolute atomic E-state index is 11.8. The quantitative estimate of drug-likeness (QED) is 0.347. The summed E-state index contributed by atoms with van der Waals surface area (Å²) >= 11 is 0. The normalized spacial score (nSPS) is 17.2. The molecule has 1 aliphatic heterocycles. The Morgan fingerprint density at radius 1 is 1.35 bits per heavy atom. The molecule has 0 aromatic carbocycles. The van der Waals surface area contributed by atoms with Gasteiger partial charge < -0.3 is 20.0 Å². The molecule has 1 saturated heterocycles. The number of amides is 2. The molecular formula is C12H21IrN2O5-. The van der Waals surface area contributed by atoms with E-state index in [0.29, 0.717) is 13.0 Å². The Kier molecular flexibility index (Phi) is 10.3. The number of methoxy groups -OCH3 is 1. The number of carbonyl (C=O) groups excluding carboxylic acids is 3. The molecule has 0 saturated carbocycles. The van der Waals surface area contributed by atoms with Crippen molar-refractivity contribution in [2.24, 2.45) is 5.73 Å². The Balaban J connectivity index is 0. The van der Waals surface area contributed by atoms with E-state index >= 15 is 0 Å². The summed E-state index contributed by atoms with van der Waals surface area (Å²) in [7, 11) is 1.33. The Bertz CT molecular complexity index is 330. The number of hydrogen-bond acceptors (Lipinski definition) is 5. The predicted octanol–water partition coefficient (Wildman–Crippen LogP) is 0.569. The second kappa shape index (κ2) is 9.71. The van der Waals surface area contributed by atoms with Crippen molar-refractivity contribution in [2.75, 3.05) is 13.7 Å². The largest absolute Gasteiger partial charge is 0.543 e. The fraction of sp³-hybridized carbons (Fsp3) is 0.750. The smallest absolute Gasteiger partial charge is 0.411 e. The van der Waals surface area contributed by atoms with Crippen molar-refractivity contribution >= 4 is 18.5 Å². The number of esters is 1. The first-order chi connectivity index (χ1) is 8.76. The second-order valence-electron chi connectivity index (χ2n) is 4.97. The Morgan fingerprint density at radius 2 is 1.85 bits per heavy atom. The van der Waals surface area contributed by atoms with Crippen molar-refractivity contribution in [3.8, 4) is 0 Å². The van der Waals surface area contributed by atoms with Gasteiger partial charge in [0.1, 0.15) is 11.6 Å². The molecule has 0 aromatic heterocycles. The van der Waals surface area contributed by atoms with Gasteiger partial charge in [0.2, 0.25) is 0 Å². The summed E-state index contributed by atoms with van der Waals surface area (Å²) in [6.07, 6.45) is 2.01. The first-order valence-corrected chi connectivity index (χ1v) is 5.92. The number of hydrogen-bond donors (Lipinski definition) is 1. The molecule has 119 valence electrons. The topological polar surface area (TPSA) is 98.9 Å². The zero-order valence-corrected chi connectivity index (χ0v) is 14.5.